The minimum Gasteiger partial charge on any atom is -0.327 e. The van der Waals surface area contributed by atoms with Gasteiger partial charge in [-0.1, -0.05) is 23.7 Å². The Morgan fingerprint density at radius 1 is 1.04 bits per heavy atom. The maximum absolute atomic E-state index is 13.0. The third-order valence-electron chi connectivity index (χ3n) is 4.19. The summed E-state index contributed by atoms with van der Waals surface area (Å²) in [5.41, 5.74) is 0.496. The van der Waals surface area contributed by atoms with Crippen LogP contribution in [0.25, 0.3) is 0 Å². The van der Waals surface area contributed by atoms with Crippen molar-refractivity contribution in [1.29, 1.82) is 0 Å². The number of Topliss-reactive ketones (excluding diaryl/α,β-unsaturated/α-hetero) is 1. The van der Waals surface area contributed by atoms with Crippen molar-refractivity contribution in [1.82, 2.24) is 10.6 Å². The third kappa shape index (κ3) is 3.98. The molecule has 0 fully saturated rings. The lowest BCUT2D eigenvalue weighted by Gasteiger charge is -2.29. The summed E-state index contributed by atoms with van der Waals surface area (Å²) < 4.78 is 38.4. The van der Waals surface area contributed by atoms with E-state index in [1.54, 1.807) is 31.2 Å². The summed E-state index contributed by atoms with van der Waals surface area (Å²) in [7, 11) is 0. The fraction of sp³-hybridized carbons (Fsp3) is 0.158. The van der Waals surface area contributed by atoms with Gasteiger partial charge < -0.3 is 10.6 Å². The van der Waals surface area contributed by atoms with Crippen LogP contribution >= 0.6 is 11.6 Å². The van der Waals surface area contributed by atoms with Gasteiger partial charge in [0.1, 0.15) is 0 Å². The predicted molar refractivity (Wildman–Crippen MR) is 94.3 cm³/mol. The van der Waals surface area contributed by atoms with Gasteiger partial charge in [-0.25, -0.2) is 4.79 Å². The van der Waals surface area contributed by atoms with Crippen LogP contribution in [0.2, 0.25) is 5.02 Å². The van der Waals surface area contributed by atoms with Crippen LogP contribution in [0.3, 0.4) is 0 Å². The third-order valence-corrected chi connectivity index (χ3v) is 4.44. The second-order valence-corrected chi connectivity index (χ2v) is 6.46. The first-order valence-corrected chi connectivity index (χ1v) is 8.30. The van der Waals surface area contributed by atoms with Gasteiger partial charge in [-0.3, -0.25) is 4.79 Å². The molecule has 0 aliphatic carbocycles. The van der Waals surface area contributed by atoms with Crippen LogP contribution in [0.5, 0.6) is 0 Å². The van der Waals surface area contributed by atoms with Crippen LogP contribution in [-0.2, 0) is 6.18 Å². The van der Waals surface area contributed by atoms with E-state index >= 15 is 0 Å². The summed E-state index contributed by atoms with van der Waals surface area (Å²) in [4.78, 5) is 24.8. The molecule has 1 heterocycles. The molecule has 0 unspecified atom stereocenters. The summed E-state index contributed by atoms with van der Waals surface area (Å²) in [6, 6.07) is 9.15. The van der Waals surface area contributed by atoms with E-state index in [2.05, 4.69) is 10.6 Å². The van der Waals surface area contributed by atoms with Gasteiger partial charge in [0.15, 0.2) is 5.78 Å². The average molecular weight is 395 g/mol. The molecule has 2 amide bonds. The smallest absolute Gasteiger partial charge is 0.327 e. The van der Waals surface area contributed by atoms with Crippen molar-refractivity contribution in [3.05, 3.63) is 81.5 Å². The maximum atomic E-state index is 13.0. The van der Waals surface area contributed by atoms with Crippen LogP contribution in [0.4, 0.5) is 18.0 Å². The largest absolute Gasteiger partial charge is 0.416 e. The molecule has 0 radical (unpaired) electrons. The highest BCUT2D eigenvalue weighted by Gasteiger charge is 2.33. The quantitative estimate of drug-likeness (QED) is 0.730. The normalized spacial score (nSPS) is 17.4. The van der Waals surface area contributed by atoms with Gasteiger partial charge in [-0.05, 0) is 48.9 Å². The number of alkyl halides is 3. The highest BCUT2D eigenvalue weighted by atomic mass is 35.5. The van der Waals surface area contributed by atoms with Gasteiger partial charge in [0.25, 0.3) is 0 Å². The van der Waals surface area contributed by atoms with Gasteiger partial charge in [0.2, 0.25) is 0 Å². The summed E-state index contributed by atoms with van der Waals surface area (Å²) in [5.74, 6) is -0.360. The fourth-order valence-corrected chi connectivity index (χ4v) is 2.99. The second kappa shape index (κ2) is 7.08. The molecule has 0 saturated heterocycles. The number of ketones is 1. The average Bonchev–Trinajstić information content (AvgIpc) is 2.60. The zero-order chi connectivity index (χ0) is 19.8. The Hall–Kier alpha value is -2.80. The monoisotopic (exact) mass is 394 g/mol. The number of hydrogen-bond acceptors (Lipinski definition) is 2. The lowest BCUT2D eigenvalue weighted by atomic mass is 9.89. The Balaban J connectivity index is 2.01. The Morgan fingerprint density at radius 2 is 1.63 bits per heavy atom. The number of nitrogens with one attached hydrogen (secondary N) is 2. The van der Waals surface area contributed by atoms with Gasteiger partial charge in [-0.15, -0.1) is 0 Å². The maximum Gasteiger partial charge on any atom is 0.416 e. The van der Waals surface area contributed by atoms with Gasteiger partial charge >= 0.3 is 12.2 Å². The number of amides is 2. The first-order valence-electron chi connectivity index (χ1n) is 7.92. The fourth-order valence-electron chi connectivity index (χ4n) is 2.87. The Kier molecular flexibility index (Phi) is 4.97. The Morgan fingerprint density at radius 3 is 2.19 bits per heavy atom. The zero-order valence-electron chi connectivity index (χ0n) is 14.0. The van der Waals surface area contributed by atoms with Gasteiger partial charge in [0, 0.05) is 21.9 Å². The summed E-state index contributed by atoms with van der Waals surface area (Å²) in [6.45, 7) is 1.57. The Labute approximate surface area is 158 Å². The highest BCUT2D eigenvalue weighted by Crippen LogP contribution is 2.33. The molecule has 4 nitrogen and oxygen atoms in total. The molecule has 27 heavy (non-hydrogen) atoms. The van der Waals surface area contributed by atoms with Crippen molar-refractivity contribution in [2.45, 2.75) is 19.1 Å². The highest BCUT2D eigenvalue weighted by molar-refractivity contribution is 6.30. The number of urea groups is 1. The molecule has 1 aliphatic heterocycles. The molecule has 2 aromatic rings. The number of carbonyl (C=O) groups excluding carboxylic acids is 2. The van der Waals surface area contributed by atoms with E-state index in [1.807, 2.05) is 0 Å². The van der Waals surface area contributed by atoms with Crippen LogP contribution in [-0.4, -0.2) is 11.8 Å². The minimum absolute atomic E-state index is 0.247. The zero-order valence-corrected chi connectivity index (χ0v) is 14.8. The second-order valence-electron chi connectivity index (χ2n) is 6.03. The number of rotatable bonds is 3. The van der Waals surface area contributed by atoms with Crippen molar-refractivity contribution in [2.24, 2.45) is 0 Å². The standard InChI is InChI=1S/C19H14ClF3N2O2/c1-10-15(17(26)12-4-8-14(20)9-5-12)16(25-18(27)24-10)11-2-6-13(7-3-11)19(21,22)23/h2-9,16H,1H3,(H2,24,25,27)/t16-/m0/s1. The van der Waals surface area contributed by atoms with Crippen LogP contribution < -0.4 is 10.6 Å². The molecule has 0 aromatic heterocycles. The molecular formula is C19H14ClF3N2O2. The first kappa shape index (κ1) is 19.0. The number of allylic oxidation sites excluding steroid dienone is 1. The molecule has 2 N–H and O–H groups in total. The predicted octanol–water partition coefficient (Wildman–Crippen LogP) is 4.87. The number of halogens is 4. The van der Waals surface area contributed by atoms with E-state index in [0.717, 1.165) is 12.1 Å². The molecule has 140 valence electrons. The van der Waals surface area contributed by atoms with Crippen LogP contribution in [0.15, 0.2) is 59.8 Å². The van der Waals surface area contributed by atoms with E-state index < -0.39 is 23.8 Å². The van der Waals surface area contributed by atoms with Crippen molar-refractivity contribution in [2.75, 3.05) is 0 Å². The molecular weight excluding hydrogens is 381 g/mol. The number of carbonyl (C=O) groups is 2. The van der Waals surface area contributed by atoms with Gasteiger partial charge in [-0.2, -0.15) is 13.2 Å². The summed E-state index contributed by atoms with van der Waals surface area (Å²) >= 11 is 5.84. The molecule has 0 saturated carbocycles. The summed E-state index contributed by atoms with van der Waals surface area (Å²) in [5, 5.41) is 5.59. The topological polar surface area (TPSA) is 58.2 Å². The van der Waals surface area contributed by atoms with E-state index in [1.165, 1.54) is 12.1 Å². The first-order chi connectivity index (χ1) is 12.7. The lowest BCUT2D eigenvalue weighted by Crippen LogP contribution is -2.45. The molecule has 3 rings (SSSR count). The SMILES string of the molecule is CC1=C(C(=O)c2ccc(Cl)cc2)[C@H](c2ccc(C(F)(F)F)cc2)NC(=O)N1. The van der Waals surface area contributed by atoms with Crippen molar-refractivity contribution in [3.8, 4) is 0 Å². The summed E-state index contributed by atoms with van der Waals surface area (Å²) in [6.07, 6.45) is -4.47. The molecule has 0 spiro atoms. The number of hydrogen-bond donors (Lipinski definition) is 2. The van der Waals surface area contributed by atoms with E-state index in [0.29, 0.717) is 21.8 Å². The molecule has 1 atom stereocenters. The van der Waals surface area contributed by atoms with Crippen molar-refractivity contribution in [3.63, 3.8) is 0 Å². The van der Waals surface area contributed by atoms with Crippen LogP contribution in [0.1, 0.15) is 34.5 Å². The van der Waals surface area contributed by atoms with Crippen molar-refractivity contribution >= 4 is 23.4 Å². The van der Waals surface area contributed by atoms with E-state index in [4.69, 9.17) is 11.6 Å². The molecule has 1 aliphatic rings. The molecule has 0 bridgehead atoms. The number of benzene rings is 2. The van der Waals surface area contributed by atoms with E-state index in [-0.39, 0.29) is 11.4 Å². The lowest BCUT2D eigenvalue weighted by molar-refractivity contribution is -0.137. The van der Waals surface area contributed by atoms with Gasteiger partial charge in [0.05, 0.1) is 11.6 Å². The minimum atomic E-state index is -4.47. The Bertz CT molecular complexity index is 919. The van der Waals surface area contributed by atoms with Crippen LogP contribution in [0, 0.1) is 0 Å². The van der Waals surface area contributed by atoms with Crippen molar-refractivity contribution < 1.29 is 22.8 Å². The molecule has 8 heteroatoms. The molecule has 2 aromatic carbocycles. The van der Waals surface area contributed by atoms with E-state index in [9.17, 15) is 22.8 Å².